The number of ether oxygens (including phenoxy) is 1. The number of carbonyl (C=O) groups excluding carboxylic acids is 1. The van der Waals surface area contributed by atoms with Crippen molar-refractivity contribution < 1.29 is 9.53 Å². The van der Waals surface area contributed by atoms with Gasteiger partial charge in [-0.3, -0.25) is 9.69 Å². The maximum atomic E-state index is 12.1. The van der Waals surface area contributed by atoms with Crippen LogP contribution >= 0.6 is 11.8 Å². The quantitative estimate of drug-likeness (QED) is 0.561. The van der Waals surface area contributed by atoms with Crippen LogP contribution in [0.4, 0.5) is 0 Å². The number of nitrogens with one attached hydrogen (secondary N) is 1. The second-order valence-corrected chi connectivity index (χ2v) is 5.53. The van der Waals surface area contributed by atoms with Crippen molar-refractivity contribution in [3.8, 4) is 0 Å². The molecule has 0 aromatic rings. The Morgan fingerprint density at radius 3 is 3.00 bits per heavy atom. The molecule has 0 saturated carbocycles. The third kappa shape index (κ3) is 5.59. The van der Waals surface area contributed by atoms with E-state index in [-0.39, 0.29) is 12.0 Å². The minimum atomic E-state index is -0.0444. The summed E-state index contributed by atoms with van der Waals surface area (Å²) in [5, 5.41) is 3.37. The standard InChI is InChI=1S/C13H26N2O2S/c1-3-17-13(16)12(6-4-11-18-2)15-9-5-7-14-8-10-15/h12,14H,3-11H2,1-2H3. The number of esters is 1. The molecule has 0 aromatic heterocycles. The van der Waals surface area contributed by atoms with E-state index in [4.69, 9.17) is 4.74 Å². The fourth-order valence-electron chi connectivity index (χ4n) is 2.29. The summed E-state index contributed by atoms with van der Waals surface area (Å²) in [6.07, 6.45) is 5.21. The third-order valence-electron chi connectivity index (χ3n) is 3.20. The van der Waals surface area contributed by atoms with Crippen LogP contribution in [0.3, 0.4) is 0 Å². The van der Waals surface area contributed by atoms with E-state index in [0.717, 1.165) is 51.2 Å². The van der Waals surface area contributed by atoms with Crippen molar-refractivity contribution in [2.45, 2.75) is 32.2 Å². The van der Waals surface area contributed by atoms with Crippen molar-refractivity contribution in [1.82, 2.24) is 10.2 Å². The normalized spacial score (nSPS) is 19.2. The molecule has 1 rings (SSSR count). The predicted octanol–water partition coefficient (Wildman–Crippen LogP) is 1.36. The van der Waals surface area contributed by atoms with E-state index in [1.165, 1.54) is 0 Å². The molecule has 1 heterocycles. The number of hydrogen-bond donors (Lipinski definition) is 1. The summed E-state index contributed by atoms with van der Waals surface area (Å²) < 4.78 is 5.22. The number of nitrogens with zero attached hydrogens (tertiary/aromatic N) is 1. The molecule has 0 radical (unpaired) electrons. The van der Waals surface area contributed by atoms with Gasteiger partial charge in [0.25, 0.3) is 0 Å². The first-order chi connectivity index (χ1) is 8.79. The van der Waals surface area contributed by atoms with Gasteiger partial charge in [0.05, 0.1) is 6.61 Å². The fourth-order valence-corrected chi connectivity index (χ4v) is 2.74. The highest BCUT2D eigenvalue weighted by Gasteiger charge is 2.26. The molecule has 1 aliphatic heterocycles. The van der Waals surface area contributed by atoms with Crippen LogP contribution in [0.25, 0.3) is 0 Å². The summed E-state index contributed by atoms with van der Waals surface area (Å²) in [7, 11) is 0. The minimum absolute atomic E-state index is 0.0412. The Labute approximate surface area is 115 Å². The molecule has 4 nitrogen and oxygen atoms in total. The second-order valence-electron chi connectivity index (χ2n) is 4.54. The smallest absolute Gasteiger partial charge is 0.323 e. The lowest BCUT2D eigenvalue weighted by molar-refractivity contribution is -0.149. The van der Waals surface area contributed by atoms with Crippen LogP contribution in [0.15, 0.2) is 0 Å². The maximum absolute atomic E-state index is 12.1. The molecule has 5 heteroatoms. The summed E-state index contributed by atoms with van der Waals surface area (Å²) >= 11 is 1.84. The lowest BCUT2D eigenvalue weighted by Gasteiger charge is -2.28. The van der Waals surface area contributed by atoms with Crippen molar-refractivity contribution in [2.24, 2.45) is 0 Å². The first-order valence-electron chi connectivity index (χ1n) is 6.90. The van der Waals surface area contributed by atoms with E-state index in [0.29, 0.717) is 6.61 Å². The molecule has 18 heavy (non-hydrogen) atoms. The second kappa shape index (κ2) is 9.64. The van der Waals surface area contributed by atoms with Gasteiger partial charge in [-0.15, -0.1) is 0 Å². The Kier molecular flexibility index (Phi) is 8.46. The van der Waals surface area contributed by atoms with Crippen molar-refractivity contribution in [2.75, 3.05) is 44.8 Å². The molecule has 106 valence electrons. The summed E-state index contributed by atoms with van der Waals surface area (Å²) in [5.41, 5.74) is 0. The van der Waals surface area contributed by atoms with Gasteiger partial charge >= 0.3 is 5.97 Å². The highest BCUT2D eigenvalue weighted by Crippen LogP contribution is 2.13. The SMILES string of the molecule is CCOC(=O)C(CCCSC)N1CCCNCC1. The van der Waals surface area contributed by atoms with Crippen LogP contribution < -0.4 is 5.32 Å². The van der Waals surface area contributed by atoms with Crippen molar-refractivity contribution in [1.29, 1.82) is 0 Å². The van der Waals surface area contributed by atoms with E-state index < -0.39 is 0 Å². The number of hydrogen-bond acceptors (Lipinski definition) is 5. The molecule has 1 unspecified atom stereocenters. The lowest BCUT2D eigenvalue weighted by atomic mass is 10.1. The first kappa shape index (κ1) is 15.8. The largest absolute Gasteiger partial charge is 0.465 e. The Bertz CT molecular complexity index is 231. The highest BCUT2D eigenvalue weighted by molar-refractivity contribution is 7.98. The minimum Gasteiger partial charge on any atom is -0.465 e. The van der Waals surface area contributed by atoms with Gasteiger partial charge in [-0.2, -0.15) is 11.8 Å². The van der Waals surface area contributed by atoms with Crippen LogP contribution in [-0.2, 0) is 9.53 Å². The van der Waals surface area contributed by atoms with E-state index in [2.05, 4.69) is 16.5 Å². The average Bonchev–Trinajstić information content (AvgIpc) is 2.63. The van der Waals surface area contributed by atoms with Crippen LogP contribution in [0.1, 0.15) is 26.2 Å². The molecule has 0 bridgehead atoms. The Balaban J connectivity index is 2.52. The Hall–Kier alpha value is -0.260. The monoisotopic (exact) mass is 274 g/mol. The summed E-state index contributed by atoms with van der Waals surface area (Å²) in [5.74, 6) is 1.07. The van der Waals surface area contributed by atoms with Gasteiger partial charge in [0.15, 0.2) is 0 Å². The van der Waals surface area contributed by atoms with Crippen molar-refractivity contribution in [3.63, 3.8) is 0 Å². The summed E-state index contributed by atoms with van der Waals surface area (Å²) in [4.78, 5) is 14.3. The zero-order chi connectivity index (χ0) is 13.2. The van der Waals surface area contributed by atoms with Gasteiger partial charge in [-0.1, -0.05) is 0 Å². The molecule has 0 spiro atoms. The van der Waals surface area contributed by atoms with Gasteiger partial charge < -0.3 is 10.1 Å². The molecule has 0 aliphatic carbocycles. The number of thioether (sulfide) groups is 1. The van der Waals surface area contributed by atoms with E-state index in [1.54, 1.807) is 0 Å². The zero-order valence-corrected chi connectivity index (χ0v) is 12.4. The van der Waals surface area contributed by atoms with Crippen molar-refractivity contribution in [3.05, 3.63) is 0 Å². The van der Waals surface area contributed by atoms with Crippen LogP contribution in [0.5, 0.6) is 0 Å². The zero-order valence-electron chi connectivity index (χ0n) is 11.6. The summed E-state index contributed by atoms with van der Waals surface area (Å²) in [6.45, 7) is 6.32. The molecule has 1 N–H and O–H groups in total. The highest BCUT2D eigenvalue weighted by atomic mass is 32.2. The average molecular weight is 274 g/mol. The van der Waals surface area contributed by atoms with Gasteiger partial charge in [0.1, 0.15) is 6.04 Å². The molecule has 0 amide bonds. The molecular formula is C13H26N2O2S. The number of carbonyl (C=O) groups is 1. The lowest BCUT2D eigenvalue weighted by Crippen LogP contribution is -2.44. The molecule has 1 saturated heterocycles. The third-order valence-corrected chi connectivity index (χ3v) is 3.90. The molecule has 0 aromatic carbocycles. The van der Waals surface area contributed by atoms with Gasteiger partial charge in [-0.05, 0) is 44.7 Å². The van der Waals surface area contributed by atoms with Gasteiger partial charge in [-0.25, -0.2) is 0 Å². The number of rotatable bonds is 7. The maximum Gasteiger partial charge on any atom is 0.323 e. The summed E-state index contributed by atoms with van der Waals surface area (Å²) in [6, 6.07) is -0.0444. The van der Waals surface area contributed by atoms with E-state index in [9.17, 15) is 4.79 Å². The van der Waals surface area contributed by atoms with Crippen LogP contribution in [0, 0.1) is 0 Å². The van der Waals surface area contributed by atoms with E-state index >= 15 is 0 Å². The Morgan fingerprint density at radius 2 is 2.28 bits per heavy atom. The first-order valence-corrected chi connectivity index (χ1v) is 8.29. The topological polar surface area (TPSA) is 41.6 Å². The van der Waals surface area contributed by atoms with Gasteiger partial charge in [0.2, 0.25) is 0 Å². The Morgan fingerprint density at radius 1 is 1.44 bits per heavy atom. The molecule has 1 fully saturated rings. The molecule has 1 atom stereocenters. The van der Waals surface area contributed by atoms with E-state index in [1.807, 2.05) is 18.7 Å². The van der Waals surface area contributed by atoms with Crippen molar-refractivity contribution >= 4 is 17.7 Å². The van der Waals surface area contributed by atoms with Crippen LogP contribution in [0.2, 0.25) is 0 Å². The molecule has 1 aliphatic rings. The fraction of sp³-hybridized carbons (Fsp3) is 0.923. The predicted molar refractivity (Wildman–Crippen MR) is 77.1 cm³/mol. The molecular weight excluding hydrogens is 248 g/mol. The van der Waals surface area contributed by atoms with Crippen LogP contribution in [-0.4, -0.2) is 61.7 Å². The van der Waals surface area contributed by atoms with Gasteiger partial charge in [0, 0.05) is 19.6 Å².